The number of nitrogens with one attached hydrogen (secondary N) is 1. The Bertz CT molecular complexity index is 1300. The average molecular weight is 683 g/mol. The first kappa shape index (κ1) is 39.7. The summed E-state index contributed by atoms with van der Waals surface area (Å²) in [7, 11) is 4.79. The van der Waals surface area contributed by atoms with Crippen LogP contribution < -0.4 is 5.32 Å². The highest BCUT2D eigenvalue weighted by Crippen LogP contribution is 2.26. The van der Waals surface area contributed by atoms with E-state index in [-0.39, 0.29) is 49.3 Å². The fraction of sp³-hybridized carbons (Fsp3) is 0.658. The van der Waals surface area contributed by atoms with Crippen LogP contribution in [-0.4, -0.2) is 109 Å². The smallest absolute Gasteiger partial charge is 0.329 e. The monoisotopic (exact) mass is 682 g/mol. The van der Waals surface area contributed by atoms with Crippen LogP contribution in [0.2, 0.25) is 0 Å². The predicted molar refractivity (Wildman–Crippen MR) is 188 cm³/mol. The number of carbonyl (C=O) groups is 5. The summed E-state index contributed by atoms with van der Waals surface area (Å²) in [5, 5.41) is 2.90. The Kier molecular flexibility index (Phi) is 15.8. The second-order valence-corrected chi connectivity index (χ2v) is 14.2. The maximum Gasteiger partial charge on any atom is 0.329 e. The van der Waals surface area contributed by atoms with Crippen LogP contribution in [0.15, 0.2) is 42.0 Å². The van der Waals surface area contributed by atoms with Gasteiger partial charge in [0, 0.05) is 40.6 Å². The highest BCUT2D eigenvalue weighted by Gasteiger charge is 2.41. The van der Waals surface area contributed by atoms with Crippen LogP contribution in [0.25, 0.3) is 0 Å². The van der Waals surface area contributed by atoms with Gasteiger partial charge in [-0.3, -0.25) is 19.2 Å². The van der Waals surface area contributed by atoms with Crippen molar-refractivity contribution in [2.24, 2.45) is 5.92 Å². The van der Waals surface area contributed by atoms with Gasteiger partial charge in [-0.15, -0.1) is 0 Å². The molecule has 3 rings (SSSR count). The molecule has 1 aromatic carbocycles. The third kappa shape index (κ3) is 12.3. The molecule has 11 heteroatoms. The summed E-state index contributed by atoms with van der Waals surface area (Å²) < 4.78 is 11.5. The summed E-state index contributed by atoms with van der Waals surface area (Å²) in [5.41, 5.74) is 1.85. The van der Waals surface area contributed by atoms with E-state index in [1.807, 2.05) is 64.1 Å². The summed E-state index contributed by atoms with van der Waals surface area (Å²) in [4.78, 5) is 72.8. The summed E-state index contributed by atoms with van der Waals surface area (Å²) in [6.07, 6.45) is 6.95. The molecule has 11 nitrogen and oxygen atoms in total. The largest absolute Gasteiger partial charge is 0.461 e. The highest BCUT2D eigenvalue weighted by atomic mass is 16.5. The number of likely N-dealkylation sites (N-methyl/N-ethyl adjacent to an activating group) is 2. The first-order chi connectivity index (χ1) is 23.3. The number of esters is 1. The van der Waals surface area contributed by atoms with Crippen molar-refractivity contribution in [3.63, 3.8) is 0 Å². The molecule has 0 spiro atoms. The zero-order valence-electron chi connectivity index (χ0n) is 30.6. The molecular weight excluding hydrogens is 624 g/mol. The zero-order chi connectivity index (χ0) is 36.1. The number of hydrogen-bond donors (Lipinski definition) is 1. The molecule has 0 aliphatic carbocycles. The van der Waals surface area contributed by atoms with Crippen LogP contribution in [0, 0.1) is 5.92 Å². The van der Waals surface area contributed by atoms with Crippen molar-refractivity contribution in [1.82, 2.24) is 20.0 Å². The number of fused-ring (bicyclic) bond motifs is 1. The zero-order valence-corrected chi connectivity index (χ0v) is 30.6. The molecule has 272 valence electrons. The van der Waals surface area contributed by atoms with Gasteiger partial charge in [-0.25, -0.2) is 4.79 Å². The van der Waals surface area contributed by atoms with Crippen molar-refractivity contribution in [1.29, 1.82) is 0 Å². The molecule has 0 bridgehead atoms. The highest BCUT2D eigenvalue weighted by molar-refractivity contribution is 5.94. The van der Waals surface area contributed by atoms with Crippen LogP contribution in [0.4, 0.5) is 0 Å². The van der Waals surface area contributed by atoms with E-state index < -0.39 is 35.9 Å². The number of cyclic esters (lactones) is 1. The summed E-state index contributed by atoms with van der Waals surface area (Å²) >= 11 is 0. The number of hydrogen-bond acceptors (Lipinski definition) is 7. The van der Waals surface area contributed by atoms with Gasteiger partial charge in [-0.2, -0.15) is 0 Å². The van der Waals surface area contributed by atoms with Crippen molar-refractivity contribution >= 4 is 29.6 Å². The fourth-order valence-corrected chi connectivity index (χ4v) is 6.49. The normalized spacial score (nSPS) is 25.8. The number of allylic oxidation sites excluding steroid dienone is 1. The number of carbonyl (C=O) groups excluding carboxylic acids is 5. The molecule has 1 aromatic rings. The Hall–Kier alpha value is -3.73. The van der Waals surface area contributed by atoms with Crippen LogP contribution in [0.5, 0.6) is 0 Å². The Morgan fingerprint density at radius 3 is 2.39 bits per heavy atom. The van der Waals surface area contributed by atoms with Gasteiger partial charge in [0.2, 0.25) is 23.6 Å². The lowest BCUT2D eigenvalue weighted by atomic mass is 10.0. The van der Waals surface area contributed by atoms with E-state index in [2.05, 4.69) is 5.32 Å². The van der Waals surface area contributed by atoms with E-state index in [4.69, 9.17) is 9.47 Å². The van der Waals surface area contributed by atoms with Gasteiger partial charge < -0.3 is 29.5 Å². The van der Waals surface area contributed by atoms with Crippen molar-refractivity contribution in [3.8, 4) is 0 Å². The van der Waals surface area contributed by atoms with Crippen molar-refractivity contribution in [2.75, 3.05) is 34.3 Å². The minimum Gasteiger partial charge on any atom is -0.461 e. The minimum atomic E-state index is -0.881. The van der Waals surface area contributed by atoms with Gasteiger partial charge >= 0.3 is 5.97 Å². The number of methoxy groups -OCH3 is 1. The summed E-state index contributed by atoms with van der Waals surface area (Å²) in [5.74, 6) is -1.72. The molecule has 0 aromatic heterocycles. The summed E-state index contributed by atoms with van der Waals surface area (Å²) in [6.45, 7) is 8.05. The molecule has 1 N–H and O–H groups in total. The Labute approximate surface area is 292 Å². The molecule has 5 atom stereocenters. The second kappa shape index (κ2) is 19.5. The van der Waals surface area contributed by atoms with E-state index in [1.54, 1.807) is 19.1 Å². The Morgan fingerprint density at radius 2 is 1.71 bits per heavy atom. The van der Waals surface area contributed by atoms with Crippen LogP contribution in [0.1, 0.15) is 91.0 Å². The van der Waals surface area contributed by atoms with Gasteiger partial charge in [0.05, 0.1) is 12.6 Å². The average Bonchev–Trinajstić information content (AvgIpc) is 3.57. The van der Waals surface area contributed by atoms with E-state index in [1.165, 1.54) is 16.8 Å². The lowest BCUT2D eigenvalue weighted by molar-refractivity contribution is -0.160. The summed E-state index contributed by atoms with van der Waals surface area (Å²) in [6, 6.07) is 7.02. The lowest BCUT2D eigenvalue weighted by Gasteiger charge is -2.35. The maximum absolute atomic E-state index is 14.2. The van der Waals surface area contributed by atoms with Crippen LogP contribution in [-0.2, 0) is 39.9 Å². The molecule has 1 saturated heterocycles. The molecule has 2 heterocycles. The first-order valence-electron chi connectivity index (χ1n) is 17.8. The maximum atomic E-state index is 14.2. The second-order valence-electron chi connectivity index (χ2n) is 14.2. The van der Waals surface area contributed by atoms with E-state index in [0.29, 0.717) is 45.1 Å². The van der Waals surface area contributed by atoms with Crippen LogP contribution in [0.3, 0.4) is 0 Å². The number of rotatable bonds is 9. The molecule has 0 unspecified atom stereocenters. The van der Waals surface area contributed by atoms with E-state index in [0.717, 1.165) is 24.0 Å². The third-order valence-corrected chi connectivity index (χ3v) is 9.63. The van der Waals surface area contributed by atoms with Gasteiger partial charge in [0.15, 0.2) is 0 Å². The topological polar surface area (TPSA) is 126 Å². The van der Waals surface area contributed by atoms with Gasteiger partial charge in [0.25, 0.3) is 0 Å². The van der Waals surface area contributed by atoms with E-state index in [9.17, 15) is 24.0 Å². The molecule has 2 aliphatic rings. The molecule has 1 fully saturated rings. The number of ether oxygens (including phenoxy) is 2. The fourth-order valence-electron chi connectivity index (χ4n) is 6.49. The molecule has 4 amide bonds. The molecule has 0 radical (unpaired) electrons. The van der Waals surface area contributed by atoms with Crippen molar-refractivity contribution in [2.45, 2.75) is 122 Å². The van der Waals surface area contributed by atoms with E-state index >= 15 is 0 Å². The number of amides is 4. The third-order valence-electron chi connectivity index (χ3n) is 9.63. The molecule has 49 heavy (non-hydrogen) atoms. The predicted octanol–water partition coefficient (Wildman–Crippen LogP) is 4.28. The lowest BCUT2D eigenvalue weighted by Crippen LogP contribution is -2.55. The number of benzene rings is 1. The standard InChI is InChI=1S/C38H58N4O7/c1-26(2)23-33-37(46)42-22-12-17-32(42)38(47)49-30(16-11-13-28(4)48-7)20-18-27(3)19-21-34(43)39-31(24-29-14-9-8-10-15-29)36(45)40(5)25-35(44)41(33)6/h8-10,14-15,19,26,28,30-33H,11-13,16-18,20-25H2,1-7H3,(H,39,43)/b27-19-/t28-,30-,31+,32+,33-/m1/s1. The quantitative estimate of drug-likeness (QED) is 0.305. The Balaban J connectivity index is 1.95. The van der Waals surface area contributed by atoms with Crippen molar-refractivity contribution in [3.05, 3.63) is 47.5 Å². The first-order valence-corrected chi connectivity index (χ1v) is 17.8. The van der Waals surface area contributed by atoms with Crippen LogP contribution >= 0.6 is 0 Å². The SMILES string of the molecule is CO[C@H](C)CCC[C@@H]1CC/C(C)=C\CC(=O)N[C@@H](Cc2ccccc2)C(=O)N(C)CC(=O)N(C)[C@H](CC(C)C)C(=O)N2CCC[C@H]2C(=O)O1. The van der Waals surface area contributed by atoms with Gasteiger partial charge in [0.1, 0.15) is 24.2 Å². The molecular formula is C38H58N4O7. The Morgan fingerprint density at radius 1 is 1.00 bits per heavy atom. The van der Waals surface area contributed by atoms with Gasteiger partial charge in [-0.1, -0.05) is 55.8 Å². The van der Waals surface area contributed by atoms with Gasteiger partial charge in [-0.05, 0) is 76.7 Å². The molecule has 0 saturated carbocycles. The number of nitrogens with zero attached hydrogens (tertiary/aromatic N) is 3. The van der Waals surface area contributed by atoms with Crippen molar-refractivity contribution < 1.29 is 33.4 Å². The molecule has 2 aliphatic heterocycles. The minimum absolute atomic E-state index is 0.0845.